The molecule has 2 heteroatoms. The van der Waals surface area contributed by atoms with Crippen LogP contribution in [-0.4, -0.2) is 7.28 Å². The molecular weight excluding hydrogens is 205 g/mol. The molecule has 1 heterocycles. The summed E-state index contributed by atoms with van der Waals surface area (Å²) >= 11 is 0. The van der Waals surface area contributed by atoms with Gasteiger partial charge in [0.05, 0.1) is 11.6 Å². The molecule has 0 spiro atoms. The van der Waals surface area contributed by atoms with Gasteiger partial charge in [0.2, 0.25) is 0 Å². The maximum absolute atomic E-state index is 8.80. The fourth-order valence-corrected chi connectivity index (χ4v) is 2.62. The summed E-state index contributed by atoms with van der Waals surface area (Å²) in [5.74, 6) is 0.521. The zero-order chi connectivity index (χ0) is 12.7. The summed E-state index contributed by atoms with van der Waals surface area (Å²) in [6, 6.07) is 10.2. The van der Waals surface area contributed by atoms with E-state index in [1.54, 1.807) is 0 Å². The van der Waals surface area contributed by atoms with Gasteiger partial charge in [-0.1, -0.05) is 50.7 Å². The molecule has 0 saturated carbocycles. The number of rotatable bonds is 1. The molecule has 1 fully saturated rings. The second kappa shape index (κ2) is 3.91. The van der Waals surface area contributed by atoms with E-state index < -0.39 is 0 Å². The Bertz CT molecular complexity index is 435. The molecule has 1 unspecified atom stereocenters. The zero-order valence-corrected chi connectivity index (χ0v) is 11.1. The van der Waals surface area contributed by atoms with Crippen molar-refractivity contribution in [3.8, 4) is 6.07 Å². The molecule has 1 aromatic carbocycles. The maximum atomic E-state index is 8.80. The molecule has 1 aliphatic heterocycles. The number of nitrogens with zero attached hydrogens (tertiary/aromatic N) is 1. The lowest BCUT2D eigenvalue weighted by molar-refractivity contribution is 0.272. The van der Waals surface area contributed by atoms with Crippen LogP contribution < -0.4 is 0 Å². The third kappa shape index (κ3) is 2.11. The third-order valence-electron chi connectivity index (χ3n) is 4.56. The van der Waals surface area contributed by atoms with Crippen molar-refractivity contribution in [1.29, 1.82) is 5.26 Å². The minimum atomic E-state index is 0.269. The van der Waals surface area contributed by atoms with Crippen LogP contribution in [0.3, 0.4) is 0 Å². The van der Waals surface area contributed by atoms with Crippen LogP contribution in [0.25, 0.3) is 0 Å². The van der Waals surface area contributed by atoms with E-state index in [1.165, 1.54) is 12.0 Å². The van der Waals surface area contributed by atoms with Gasteiger partial charge in [0.15, 0.2) is 0 Å². The lowest BCUT2D eigenvalue weighted by Crippen LogP contribution is -2.23. The molecular formula is C15H19BN. The van der Waals surface area contributed by atoms with Crippen molar-refractivity contribution in [2.24, 2.45) is 5.41 Å². The summed E-state index contributed by atoms with van der Waals surface area (Å²) in [5, 5.41) is 9.07. The van der Waals surface area contributed by atoms with Crippen molar-refractivity contribution in [3.05, 3.63) is 35.4 Å². The van der Waals surface area contributed by atoms with Crippen molar-refractivity contribution in [2.75, 3.05) is 0 Å². The molecule has 0 bridgehead atoms. The Morgan fingerprint density at radius 2 is 1.76 bits per heavy atom. The highest BCUT2D eigenvalue weighted by Gasteiger charge is 2.47. The second-order valence-electron chi connectivity index (χ2n) is 6.32. The summed E-state index contributed by atoms with van der Waals surface area (Å²) < 4.78 is 0. The van der Waals surface area contributed by atoms with E-state index in [9.17, 15) is 0 Å². The fourth-order valence-electron chi connectivity index (χ4n) is 2.62. The standard InChI is InChI=1S/C15H19BN/c1-14(2)9-13(16-15(14,3)4)12-7-5-11(10-17)6-8-12/h5-8,13H,9H2,1-4H3. The summed E-state index contributed by atoms with van der Waals surface area (Å²) in [4.78, 5) is 0. The van der Waals surface area contributed by atoms with E-state index in [0.29, 0.717) is 11.2 Å². The Morgan fingerprint density at radius 3 is 2.18 bits per heavy atom. The van der Waals surface area contributed by atoms with Crippen molar-refractivity contribution in [1.82, 2.24) is 0 Å². The van der Waals surface area contributed by atoms with Gasteiger partial charge < -0.3 is 0 Å². The van der Waals surface area contributed by atoms with Crippen LogP contribution in [0.2, 0.25) is 5.31 Å². The normalized spacial score (nSPS) is 25.0. The van der Waals surface area contributed by atoms with Crippen molar-refractivity contribution in [2.45, 2.75) is 45.2 Å². The highest BCUT2D eigenvalue weighted by molar-refractivity contribution is 6.43. The Morgan fingerprint density at radius 1 is 1.18 bits per heavy atom. The van der Waals surface area contributed by atoms with E-state index in [0.717, 1.165) is 5.56 Å². The van der Waals surface area contributed by atoms with Crippen molar-refractivity contribution < 1.29 is 0 Å². The second-order valence-corrected chi connectivity index (χ2v) is 6.32. The molecule has 1 atom stereocenters. The first kappa shape index (κ1) is 12.2. The Kier molecular flexibility index (Phi) is 2.82. The number of nitriles is 1. The average molecular weight is 224 g/mol. The van der Waals surface area contributed by atoms with Crippen LogP contribution in [-0.2, 0) is 0 Å². The fraction of sp³-hybridized carbons (Fsp3) is 0.533. The first-order valence-electron chi connectivity index (χ1n) is 6.22. The molecule has 87 valence electrons. The van der Waals surface area contributed by atoms with Crippen LogP contribution in [0.5, 0.6) is 0 Å². The van der Waals surface area contributed by atoms with Crippen molar-refractivity contribution in [3.63, 3.8) is 0 Å². The van der Waals surface area contributed by atoms with E-state index in [1.807, 2.05) is 12.1 Å². The third-order valence-corrected chi connectivity index (χ3v) is 4.56. The van der Waals surface area contributed by atoms with Gasteiger partial charge in [0, 0.05) is 0 Å². The molecule has 1 radical (unpaired) electrons. The predicted molar refractivity (Wildman–Crippen MR) is 72.1 cm³/mol. The lowest BCUT2D eigenvalue weighted by Gasteiger charge is -2.34. The van der Waals surface area contributed by atoms with Crippen LogP contribution in [0.4, 0.5) is 0 Å². The quantitative estimate of drug-likeness (QED) is 0.663. The zero-order valence-electron chi connectivity index (χ0n) is 11.1. The minimum absolute atomic E-state index is 0.269. The van der Waals surface area contributed by atoms with E-state index in [-0.39, 0.29) is 5.31 Å². The predicted octanol–water partition coefficient (Wildman–Crippen LogP) is 3.93. The molecule has 1 saturated heterocycles. The minimum Gasteiger partial charge on any atom is -0.192 e. The van der Waals surface area contributed by atoms with Gasteiger partial charge >= 0.3 is 0 Å². The lowest BCUT2D eigenvalue weighted by atomic mass is 9.47. The summed E-state index contributed by atoms with van der Waals surface area (Å²) in [6.07, 6.45) is 1.19. The SMILES string of the molecule is CC1(C)[B]C(c2ccc(C#N)cc2)CC1(C)C. The molecule has 0 aromatic heterocycles. The largest absolute Gasteiger partial charge is 0.192 e. The van der Waals surface area contributed by atoms with Crippen molar-refractivity contribution >= 4 is 7.28 Å². The van der Waals surface area contributed by atoms with Gasteiger partial charge in [-0.05, 0) is 29.8 Å². The van der Waals surface area contributed by atoms with Crippen LogP contribution in [0.15, 0.2) is 24.3 Å². The van der Waals surface area contributed by atoms with Gasteiger partial charge in [-0.25, -0.2) is 0 Å². The smallest absolute Gasteiger partial charge is 0.127 e. The Balaban J connectivity index is 2.23. The number of benzene rings is 1. The number of hydrogen-bond acceptors (Lipinski definition) is 1. The topological polar surface area (TPSA) is 23.8 Å². The monoisotopic (exact) mass is 224 g/mol. The number of hydrogen-bond donors (Lipinski definition) is 0. The summed E-state index contributed by atoms with van der Waals surface area (Å²) in [7, 11) is 2.47. The molecule has 2 rings (SSSR count). The summed E-state index contributed by atoms with van der Waals surface area (Å²) in [6.45, 7) is 9.31. The van der Waals surface area contributed by atoms with Crippen LogP contribution in [0.1, 0.15) is 51.1 Å². The van der Waals surface area contributed by atoms with Gasteiger partial charge in [-0.3, -0.25) is 0 Å². The molecule has 1 nitrogen and oxygen atoms in total. The van der Waals surface area contributed by atoms with E-state index >= 15 is 0 Å². The Labute approximate surface area is 105 Å². The Hall–Kier alpha value is -1.23. The molecule has 17 heavy (non-hydrogen) atoms. The van der Waals surface area contributed by atoms with Gasteiger partial charge in [-0.2, -0.15) is 5.26 Å². The first-order valence-corrected chi connectivity index (χ1v) is 6.22. The molecule has 0 N–H and O–H groups in total. The molecule has 0 aliphatic carbocycles. The maximum Gasteiger partial charge on any atom is 0.127 e. The molecule has 0 amide bonds. The summed E-state index contributed by atoms with van der Waals surface area (Å²) in [5.41, 5.74) is 2.42. The van der Waals surface area contributed by atoms with Gasteiger partial charge in [0.1, 0.15) is 7.28 Å². The van der Waals surface area contributed by atoms with Crippen LogP contribution in [0, 0.1) is 16.7 Å². The van der Waals surface area contributed by atoms with Gasteiger partial charge in [-0.15, -0.1) is 0 Å². The van der Waals surface area contributed by atoms with Crippen LogP contribution >= 0.6 is 0 Å². The molecule has 1 aliphatic rings. The highest BCUT2D eigenvalue weighted by atomic mass is 14.4. The average Bonchev–Trinajstić information content (AvgIpc) is 2.48. The first-order chi connectivity index (χ1) is 7.86. The van der Waals surface area contributed by atoms with E-state index in [2.05, 4.69) is 53.2 Å². The van der Waals surface area contributed by atoms with Gasteiger partial charge in [0.25, 0.3) is 0 Å². The molecule has 1 aromatic rings. The van der Waals surface area contributed by atoms with E-state index in [4.69, 9.17) is 5.26 Å². The highest BCUT2D eigenvalue weighted by Crippen LogP contribution is 2.57.